The number of benzene rings is 1. The molecule has 0 fully saturated rings. The lowest BCUT2D eigenvalue weighted by molar-refractivity contribution is 0.303. The van der Waals surface area contributed by atoms with Gasteiger partial charge in [0.05, 0.1) is 4.47 Å². The molecule has 0 aliphatic heterocycles. The number of halogens is 2. The minimum absolute atomic E-state index is 0.276. The van der Waals surface area contributed by atoms with Gasteiger partial charge in [0.25, 0.3) is 0 Å². The second-order valence-electron chi connectivity index (χ2n) is 4.19. The lowest BCUT2D eigenvalue weighted by atomic mass is 10.2. The van der Waals surface area contributed by atoms with Crippen LogP contribution in [-0.4, -0.2) is 7.05 Å². The van der Waals surface area contributed by atoms with Gasteiger partial charge in [-0.15, -0.1) is 11.3 Å². The van der Waals surface area contributed by atoms with E-state index in [0.717, 1.165) is 6.54 Å². The topological polar surface area (TPSA) is 21.3 Å². The molecule has 102 valence electrons. The summed E-state index contributed by atoms with van der Waals surface area (Å²) in [6, 6.07) is 6.58. The van der Waals surface area contributed by atoms with E-state index in [4.69, 9.17) is 4.74 Å². The number of hydrogen-bond donors (Lipinski definition) is 1. The Bertz CT molecular complexity index is 571. The van der Waals surface area contributed by atoms with Crippen molar-refractivity contribution in [3.8, 4) is 5.75 Å². The van der Waals surface area contributed by atoms with E-state index in [0.29, 0.717) is 16.8 Å². The fourth-order valence-electron chi connectivity index (χ4n) is 1.74. The molecule has 0 aliphatic carbocycles. The molecule has 0 amide bonds. The summed E-state index contributed by atoms with van der Waals surface area (Å²) in [7, 11) is 1.93. The standard InChI is InChI=1S/C14H15BrFNOS/c1-9-10(5-12(19-9)7-17-2)8-18-14-4-3-11(16)6-13(14)15/h3-6,17H,7-8H2,1-2H3. The molecule has 1 heterocycles. The maximum Gasteiger partial charge on any atom is 0.134 e. The van der Waals surface area contributed by atoms with Crippen LogP contribution in [0, 0.1) is 12.7 Å². The van der Waals surface area contributed by atoms with Crippen molar-refractivity contribution in [3.05, 3.63) is 49.9 Å². The summed E-state index contributed by atoms with van der Waals surface area (Å²) < 4.78 is 19.3. The van der Waals surface area contributed by atoms with Crippen LogP contribution in [0.3, 0.4) is 0 Å². The predicted molar refractivity (Wildman–Crippen MR) is 80.3 cm³/mol. The van der Waals surface area contributed by atoms with Gasteiger partial charge in [0, 0.05) is 21.9 Å². The van der Waals surface area contributed by atoms with Crippen molar-refractivity contribution in [2.45, 2.75) is 20.1 Å². The van der Waals surface area contributed by atoms with Gasteiger partial charge in [0.15, 0.2) is 0 Å². The first-order chi connectivity index (χ1) is 9.10. The molecule has 0 saturated heterocycles. The first kappa shape index (κ1) is 14.5. The molecular formula is C14H15BrFNOS. The van der Waals surface area contributed by atoms with Crippen LogP contribution in [0.1, 0.15) is 15.3 Å². The van der Waals surface area contributed by atoms with Crippen LogP contribution in [0.2, 0.25) is 0 Å². The van der Waals surface area contributed by atoms with Crippen molar-refractivity contribution in [3.63, 3.8) is 0 Å². The molecular weight excluding hydrogens is 329 g/mol. The molecule has 0 aliphatic rings. The summed E-state index contributed by atoms with van der Waals surface area (Å²) >= 11 is 5.06. The third kappa shape index (κ3) is 3.78. The maximum absolute atomic E-state index is 13.0. The molecule has 2 aromatic rings. The van der Waals surface area contributed by atoms with E-state index in [2.05, 4.69) is 34.2 Å². The molecule has 0 spiro atoms. The van der Waals surface area contributed by atoms with Crippen molar-refractivity contribution in [2.75, 3.05) is 7.05 Å². The molecule has 1 aromatic heterocycles. The molecule has 5 heteroatoms. The van der Waals surface area contributed by atoms with Crippen molar-refractivity contribution >= 4 is 27.3 Å². The Labute approximate surface area is 124 Å². The highest BCUT2D eigenvalue weighted by Crippen LogP contribution is 2.28. The molecule has 1 aromatic carbocycles. The Morgan fingerprint density at radius 2 is 2.16 bits per heavy atom. The highest BCUT2D eigenvalue weighted by Gasteiger charge is 2.08. The van der Waals surface area contributed by atoms with Gasteiger partial charge in [-0.25, -0.2) is 4.39 Å². The first-order valence-electron chi connectivity index (χ1n) is 5.91. The Kier molecular flexibility index (Phi) is 4.96. The summed E-state index contributed by atoms with van der Waals surface area (Å²) in [6.45, 7) is 3.45. The zero-order valence-electron chi connectivity index (χ0n) is 10.8. The number of nitrogens with one attached hydrogen (secondary N) is 1. The van der Waals surface area contributed by atoms with E-state index in [1.807, 2.05) is 7.05 Å². The van der Waals surface area contributed by atoms with Crippen LogP contribution in [0.5, 0.6) is 5.75 Å². The summed E-state index contributed by atoms with van der Waals surface area (Å²) in [4.78, 5) is 2.54. The van der Waals surface area contributed by atoms with Crippen LogP contribution >= 0.6 is 27.3 Å². The molecule has 0 radical (unpaired) electrons. The SMILES string of the molecule is CNCc1cc(COc2ccc(F)cc2Br)c(C)s1. The van der Waals surface area contributed by atoms with Gasteiger partial charge in [0.2, 0.25) is 0 Å². The van der Waals surface area contributed by atoms with Crippen LogP contribution in [0.4, 0.5) is 4.39 Å². The Balaban J connectivity index is 2.05. The van der Waals surface area contributed by atoms with E-state index >= 15 is 0 Å². The minimum atomic E-state index is -0.276. The first-order valence-corrected chi connectivity index (χ1v) is 7.51. The van der Waals surface area contributed by atoms with Crippen molar-refractivity contribution < 1.29 is 9.13 Å². The fraction of sp³-hybridized carbons (Fsp3) is 0.286. The van der Waals surface area contributed by atoms with E-state index in [1.165, 1.54) is 27.5 Å². The third-order valence-corrected chi connectivity index (χ3v) is 4.41. The average molecular weight is 344 g/mol. The van der Waals surface area contributed by atoms with Crippen LogP contribution in [-0.2, 0) is 13.2 Å². The Morgan fingerprint density at radius 3 is 2.84 bits per heavy atom. The monoisotopic (exact) mass is 343 g/mol. The van der Waals surface area contributed by atoms with Crippen molar-refractivity contribution in [1.29, 1.82) is 0 Å². The summed E-state index contributed by atoms with van der Waals surface area (Å²) in [5.41, 5.74) is 1.17. The molecule has 0 atom stereocenters. The second kappa shape index (κ2) is 6.50. The highest BCUT2D eigenvalue weighted by atomic mass is 79.9. The molecule has 0 bridgehead atoms. The molecule has 0 unspecified atom stereocenters. The van der Waals surface area contributed by atoms with Crippen LogP contribution in [0.25, 0.3) is 0 Å². The molecule has 2 nitrogen and oxygen atoms in total. The number of rotatable bonds is 5. The van der Waals surface area contributed by atoms with E-state index in [9.17, 15) is 4.39 Å². The number of thiophene rings is 1. The largest absolute Gasteiger partial charge is 0.488 e. The average Bonchev–Trinajstić information content (AvgIpc) is 2.69. The van der Waals surface area contributed by atoms with Gasteiger partial charge < -0.3 is 10.1 Å². The van der Waals surface area contributed by atoms with E-state index < -0.39 is 0 Å². The van der Waals surface area contributed by atoms with Crippen LogP contribution in [0.15, 0.2) is 28.7 Å². The minimum Gasteiger partial charge on any atom is -0.488 e. The molecule has 19 heavy (non-hydrogen) atoms. The predicted octanol–water partition coefficient (Wildman–Crippen LogP) is 4.26. The van der Waals surface area contributed by atoms with Gasteiger partial charge in [-0.2, -0.15) is 0 Å². The van der Waals surface area contributed by atoms with Crippen LogP contribution < -0.4 is 10.1 Å². The van der Waals surface area contributed by atoms with Crippen molar-refractivity contribution in [2.24, 2.45) is 0 Å². The van der Waals surface area contributed by atoms with Gasteiger partial charge in [0.1, 0.15) is 18.2 Å². The van der Waals surface area contributed by atoms with Gasteiger partial charge >= 0.3 is 0 Å². The van der Waals surface area contributed by atoms with Gasteiger partial charge in [-0.3, -0.25) is 0 Å². The maximum atomic E-state index is 13.0. The fourth-order valence-corrected chi connectivity index (χ4v) is 3.27. The zero-order valence-corrected chi connectivity index (χ0v) is 13.2. The number of aryl methyl sites for hydroxylation is 1. The van der Waals surface area contributed by atoms with E-state index in [1.54, 1.807) is 17.4 Å². The highest BCUT2D eigenvalue weighted by molar-refractivity contribution is 9.10. The third-order valence-electron chi connectivity index (χ3n) is 2.70. The van der Waals surface area contributed by atoms with E-state index in [-0.39, 0.29) is 5.82 Å². The second-order valence-corrected chi connectivity index (χ2v) is 6.38. The number of hydrogen-bond acceptors (Lipinski definition) is 3. The number of ether oxygens (including phenoxy) is 1. The van der Waals surface area contributed by atoms with Crippen molar-refractivity contribution in [1.82, 2.24) is 5.32 Å². The smallest absolute Gasteiger partial charge is 0.134 e. The Hall–Kier alpha value is -0.910. The molecule has 2 rings (SSSR count). The lowest BCUT2D eigenvalue weighted by Crippen LogP contribution is -2.02. The summed E-state index contributed by atoms with van der Waals surface area (Å²) in [6.07, 6.45) is 0. The normalized spacial score (nSPS) is 10.7. The van der Waals surface area contributed by atoms with Gasteiger partial charge in [-0.05, 0) is 54.2 Å². The van der Waals surface area contributed by atoms with Gasteiger partial charge in [-0.1, -0.05) is 0 Å². The molecule has 0 saturated carbocycles. The zero-order chi connectivity index (χ0) is 13.8. The quantitative estimate of drug-likeness (QED) is 0.875. The summed E-state index contributed by atoms with van der Waals surface area (Å²) in [5, 5.41) is 3.13. The lowest BCUT2D eigenvalue weighted by Gasteiger charge is -2.07. The molecule has 1 N–H and O–H groups in total. The Morgan fingerprint density at radius 1 is 1.37 bits per heavy atom. The summed E-state index contributed by atoms with van der Waals surface area (Å²) in [5.74, 6) is 0.379.